The molecule has 0 N–H and O–H groups in total. The van der Waals surface area contributed by atoms with Gasteiger partial charge in [-0.2, -0.15) is 18.2 Å². The zero-order valence-corrected chi connectivity index (χ0v) is 17.9. The van der Waals surface area contributed by atoms with Crippen molar-refractivity contribution >= 4 is 23.4 Å². The summed E-state index contributed by atoms with van der Waals surface area (Å²) in [6.07, 6.45) is -3.27. The van der Waals surface area contributed by atoms with Gasteiger partial charge in [-0.1, -0.05) is 17.7 Å². The van der Waals surface area contributed by atoms with E-state index in [-0.39, 0.29) is 48.3 Å². The lowest BCUT2D eigenvalue weighted by Gasteiger charge is -2.42. The summed E-state index contributed by atoms with van der Waals surface area (Å²) in [6.45, 7) is 4.63. The van der Waals surface area contributed by atoms with Crippen LogP contribution in [-0.4, -0.2) is 52.1 Å². The van der Waals surface area contributed by atoms with Crippen LogP contribution in [0.1, 0.15) is 25.8 Å². The number of halogens is 4. The van der Waals surface area contributed by atoms with Gasteiger partial charge in [0.2, 0.25) is 5.95 Å². The minimum atomic E-state index is -4.47. The number of anilines is 2. The molecule has 0 aromatic carbocycles. The van der Waals surface area contributed by atoms with Crippen LogP contribution in [0.5, 0.6) is 0 Å². The lowest BCUT2D eigenvalue weighted by molar-refractivity contribution is -0.153. The van der Waals surface area contributed by atoms with E-state index in [0.29, 0.717) is 24.6 Å². The minimum absolute atomic E-state index is 0.0110. The van der Waals surface area contributed by atoms with Crippen LogP contribution in [0.4, 0.5) is 24.9 Å². The van der Waals surface area contributed by atoms with Crippen molar-refractivity contribution in [3.8, 4) is 0 Å². The van der Waals surface area contributed by atoms with Crippen LogP contribution in [0, 0.1) is 0 Å². The minimum Gasteiger partial charge on any atom is -0.377 e. The van der Waals surface area contributed by atoms with Crippen LogP contribution in [-0.2, 0) is 17.8 Å². The number of ether oxygens (including phenoxy) is 1. The molecule has 2 aromatic heterocycles. The van der Waals surface area contributed by atoms with Gasteiger partial charge in [-0.3, -0.25) is 9.36 Å². The van der Waals surface area contributed by atoms with Crippen molar-refractivity contribution in [1.29, 1.82) is 0 Å². The van der Waals surface area contributed by atoms with Crippen LogP contribution in [0.2, 0.25) is 5.15 Å². The van der Waals surface area contributed by atoms with Crippen molar-refractivity contribution in [1.82, 2.24) is 14.5 Å². The van der Waals surface area contributed by atoms with Gasteiger partial charge in [0.15, 0.2) is 0 Å². The first-order valence-corrected chi connectivity index (χ1v) is 10.4. The molecule has 0 spiro atoms. The Morgan fingerprint density at radius 2 is 1.94 bits per heavy atom. The number of hydrogen-bond donors (Lipinski definition) is 0. The Morgan fingerprint density at radius 3 is 2.55 bits per heavy atom. The summed E-state index contributed by atoms with van der Waals surface area (Å²) in [5.41, 5.74) is 0.172. The molecular weight excluding hydrogens is 435 g/mol. The topological polar surface area (TPSA) is 63.5 Å². The van der Waals surface area contributed by atoms with Crippen LogP contribution < -0.4 is 15.4 Å². The van der Waals surface area contributed by atoms with E-state index >= 15 is 0 Å². The third-order valence-corrected chi connectivity index (χ3v) is 5.91. The first kappa shape index (κ1) is 21.9. The average molecular weight is 458 g/mol. The fraction of sp³-hybridized carbons (Fsp3) is 0.550. The summed E-state index contributed by atoms with van der Waals surface area (Å²) < 4.78 is 48.6. The van der Waals surface area contributed by atoms with Crippen LogP contribution in [0.15, 0.2) is 29.2 Å². The highest BCUT2D eigenvalue weighted by Crippen LogP contribution is 2.35. The zero-order chi connectivity index (χ0) is 22.3. The first-order chi connectivity index (χ1) is 14.6. The molecule has 0 bridgehead atoms. The summed E-state index contributed by atoms with van der Waals surface area (Å²) in [5.74, 6) is 0.374. The van der Waals surface area contributed by atoms with Crippen LogP contribution >= 0.6 is 11.6 Å². The molecule has 0 radical (unpaired) electrons. The fourth-order valence-corrected chi connectivity index (χ4v) is 4.38. The van der Waals surface area contributed by atoms with Crippen molar-refractivity contribution in [2.75, 3.05) is 23.0 Å². The van der Waals surface area contributed by atoms with Gasteiger partial charge in [0, 0.05) is 25.4 Å². The number of fused-ring (bicyclic) bond motifs is 1. The molecule has 4 rings (SSSR count). The third-order valence-electron chi connectivity index (χ3n) is 5.69. The molecule has 0 saturated carbocycles. The average Bonchev–Trinajstić information content (AvgIpc) is 2.69. The Labute approximate surface area is 182 Å². The normalized spacial score (nSPS) is 24.3. The number of pyridine rings is 1. The van der Waals surface area contributed by atoms with E-state index in [1.165, 1.54) is 22.9 Å². The van der Waals surface area contributed by atoms with Crippen molar-refractivity contribution < 1.29 is 17.9 Å². The number of aromatic nitrogens is 3. The molecule has 3 atom stereocenters. The molecule has 7 nitrogen and oxygen atoms in total. The van der Waals surface area contributed by atoms with Crippen molar-refractivity contribution in [3.05, 3.63) is 45.5 Å². The molecule has 2 aromatic rings. The second-order valence-electron chi connectivity index (χ2n) is 8.01. The third kappa shape index (κ3) is 4.36. The highest BCUT2D eigenvalue weighted by Gasteiger charge is 2.47. The SMILES string of the molecule is CC1COCC(C)N1c1cc(=O)n2c(n1)N(Cc1ccc(Cl)nc1)C(C(F)(F)F)CC2. The lowest BCUT2D eigenvalue weighted by atomic mass is 10.1. The van der Waals surface area contributed by atoms with Gasteiger partial charge < -0.3 is 14.5 Å². The molecule has 11 heteroatoms. The summed E-state index contributed by atoms with van der Waals surface area (Å²) >= 11 is 5.81. The van der Waals surface area contributed by atoms with Crippen LogP contribution in [0.25, 0.3) is 0 Å². The number of hydrogen-bond acceptors (Lipinski definition) is 6. The number of alkyl halides is 3. The van der Waals surface area contributed by atoms with Gasteiger partial charge in [0.25, 0.3) is 5.56 Å². The summed E-state index contributed by atoms with van der Waals surface area (Å²) in [4.78, 5) is 24.5. The van der Waals surface area contributed by atoms with Crippen molar-refractivity contribution in [2.24, 2.45) is 0 Å². The summed E-state index contributed by atoms with van der Waals surface area (Å²) in [6, 6.07) is 2.67. The standard InChI is InChI=1S/C20H23ClF3N5O2/c1-12-10-31-11-13(2)29(12)17-7-18(30)27-6-5-15(20(22,23)24)28(19(27)26-17)9-14-3-4-16(21)25-8-14/h3-4,7-8,12-13,15H,5-6,9-11H2,1-2H3. The maximum atomic E-state index is 13.9. The summed E-state index contributed by atoms with van der Waals surface area (Å²) in [7, 11) is 0. The lowest BCUT2D eigenvalue weighted by Crippen LogP contribution is -2.53. The molecule has 1 fully saturated rings. The van der Waals surface area contributed by atoms with E-state index in [1.807, 2.05) is 18.7 Å². The van der Waals surface area contributed by atoms with E-state index in [0.717, 1.165) is 4.90 Å². The molecule has 3 unspecified atom stereocenters. The maximum absolute atomic E-state index is 13.9. The molecule has 1 saturated heterocycles. The van der Waals surface area contributed by atoms with E-state index in [9.17, 15) is 18.0 Å². The Balaban J connectivity index is 1.79. The Kier molecular flexibility index (Phi) is 5.87. The number of morpholine rings is 1. The highest BCUT2D eigenvalue weighted by molar-refractivity contribution is 6.29. The monoisotopic (exact) mass is 457 g/mol. The van der Waals surface area contributed by atoms with Crippen LogP contribution in [0.3, 0.4) is 0 Å². The van der Waals surface area contributed by atoms with E-state index in [4.69, 9.17) is 16.3 Å². The zero-order valence-electron chi connectivity index (χ0n) is 17.1. The Bertz CT molecular complexity index is 988. The predicted octanol–water partition coefficient (Wildman–Crippen LogP) is 3.25. The van der Waals surface area contributed by atoms with E-state index < -0.39 is 12.2 Å². The Hall–Kier alpha value is -2.33. The molecule has 168 valence electrons. The quantitative estimate of drug-likeness (QED) is 0.659. The number of rotatable bonds is 3. The molecule has 0 aliphatic carbocycles. The van der Waals surface area contributed by atoms with Gasteiger partial charge >= 0.3 is 6.18 Å². The molecule has 2 aliphatic heterocycles. The first-order valence-electron chi connectivity index (χ1n) is 10.1. The molecule has 2 aliphatic rings. The van der Waals surface area contributed by atoms with E-state index in [2.05, 4.69) is 9.97 Å². The van der Waals surface area contributed by atoms with E-state index in [1.54, 1.807) is 6.07 Å². The smallest absolute Gasteiger partial charge is 0.377 e. The maximum Gasteiger partial charge on any atom is 0.408 e. The van der Waals surface area contributed by atoms with Gasteiger partial charge in [0.05, 0.1) is 25.3 Å². The largest absolute Gasteiger partial charge is 0.408 e. The van der Waals surface area contributed by atoms with Crippen molar-refractivity contribution in [3.63, 3.8) is 0 Å². The highest BCUT2D eigenvalue weighted by atomic mass is 35.5. The molecular formula is C20H23ClF3N5O2. The predicted molar refractivity (Wildman–Crippen MR) is 111 cm³/mol. The molecule has 31 heavy (non-hydrogen) atoms. The second-order valence-corrected chi connectivity index (χ2v) is 8.40. The second kappa shape index (κ2) is 8.31. The van der Waals surface area contributed by atoms with Gasteiger partial charge in [0.1, 0.15) is 17.0 Å². The van der Waals surface area contributed by atoms with Gasteiger partial charge in [-0.15, -0.1) is 0 Å². The summed E-state index contributed by atoms with van der Waals surface area (Å²) in [5, 5.41) is 0.252. The van der Waals surface area contributed by atoms with Gasteiger partial charge in [-0.25, -0.2) is 4.98 Å². The molecule has 4 heterocycles. The molecule has 0 amide bonds. The fourth-order valence-electron chi connectivity index (χ4n) is 4.26. The van der Waals surface area contributed by atoms with Crippen molar-refractivity contribution in [2.45, 2.75) is 57.7 Å². The van der Waals surface area contributed by atoms with Gasteiger partial charge in [-0.05, 0) is 31.9 Å². The Morgan fingerprint density at radius 1 is 1.23 bits per heavy atom. The number of nitrogens with zero attached hydrogens (tertiary/aromatic N) is 5.